The molecule has 1 aromatic heterocycles. The molecule has 0 bridgehead atoms. The van der Waals surface area contributed by atoms with E-state index in [1.807, 2.05) is 17.7 Å². The molecule has 0 atom stereocenters. The number of carbonyl (C=O) groups is 1. The molecular formula is C12H9FOS. The first kappa shape index (κ1) is 10.1. The first-order chi connectivity index (χ1) is 7.22. The zero-order valence-corrected chi connectivity index (χ0v) is 8.98. The molecule has 1 nitrogen and oxygen atoms in total. The lowest BCUT2D eigenvalue weighted by Gasteiger charge is -2.01. The molecule has 0 saturated carbocycles. The van der Waals surface area contributed by atoms with E-state index in [2.05, 4.69) is 0 Å². The van der Waals surface area contributed by atoms with Crippen LogP contribution in [0.4, 0.5) is 4.39 Å². The van der Waals surface area contributed by atoms with Gasteiger partial charge < -0.3 is 0 Å². The van der Waals surface area contributed by atoms with E-state index in [1.165, 1.54) is 12.1 Å². The molecular weight excluding hydrogens is 211 g/mol. The molecule has 0 radical (unpaired) electrons. The summed E-state index contributed by atoms with van der Waals surface area (Å²) in [4.78, 5) is 10.5. The predicted molar refractivity (Wildman–Crippen MR) is 59.8 cm³/mol. The van der Waals surface area contributed by atoms with Crippen molar-refractivity contribution in [3.05, 3.63) is 45.9 Å². The highest BCUT2D eigenvalue weighted by atomic mass is 32.1. The van der Waals surface area contributed by atoms with Crippen LogP contribution in [0.2, 0.25) is 0 Å². The monoisotopic (exact) mass is 220 g/mol. The third-order valence-corrected chi connectivity index (χ3v) is 3.16. The molecule has 0 aliphatic rings. The first-order valence-electron chi connectivity index (χ1n) is 4.50. The van der Waals surface area contributed by atoms with Crippen molar-refractivity contribution in [2.45, 2.75) is 6.92 Å². The van der Waals surface area contributed by atoms with E-state index in [0.717, 1.165) is 16.7 Å². The minimum atomic E-state index is -0.465. The molecule has 2 rings (SSSR count). The molecule has 0 N–H and O–H groups in total. The predicted octanol–water partition coefficient (Wildman–Crippen LogP) is 3.68. The molecule has 1 aromatic carbocycles. The fourth-order valence-electron chi connectivity index (χ4n) is 1.45. The van der Waals surface area contributed by atoms with Gasteiger partial charge in [0.15, 0.2) is 6.29 Å². The second kappa shape index (κ2) is 3.95. The number of benzene rings is 1. The summed E-state index contributed by atoms with van der Waals surface area (Å²) in [6, 6.07) is 4.68. The first-order valence-corrected chi connectivity index (χ1v) is 5.44. The van der Waals surface area contributed by atoms with Crippen molar-refractivity contribution in [1.29, 1.82) is 0 Å². The van der Waals surface area contributed by atoms with Crippen LogP contribution in [-0.4, -0.2) is 6.29 Å². The second-order valence-electron chi connectivity index (χ2n) is 3.32. The number of carbonyl (C=O) groups excluding carboxylic acids is 1. The number of aldehydes is 1. The molecule has 1 heterocycles. The average molecular weight is 220 g/mol. The van der Waals surface area contributed by atoms with Crippen molar-refractivity contribution in [1.82, 2.24) is 0 Å². The van der Waals surface area contributed by atoms with Crippen molar-refractivity contribution in [3.8, 4) is 11.1 Å². The summed E-state index contributed by atoms with van der Waals surface area (Å²) in [5, 5.41) is 3.99. The van der Waals surface area contributed by atoms with Gasteiger partial charge in [0, 0.05) is 0 Å². The zero-order chi connectivity index (χ0) is 10.8. The molecule has 0 fully saturated rings. The Morgan fingerprint density at radius 3 is 2.67 bits per heavy atom. The van der Waals surface area contributed by atoms with Crippen LogP contribution in [0.25, 0.3) is 11.1 Å². The quantitative estimate of drug-likeness (QED) is 0.706. The highest BCUT2D eigenvalue weighted by Crippen LogP contribution is 2.27. The molecule has 0 unspecified atom stereocenters. The van der Waals surface area contributed by atoms with Gasteiger partial charge in [0.2, 0.25) is 0 Å². The molecule has 15 heavy (non-hydrogen) atoms. The summed E-state index contributed by atoms with van der Waals surface area (Å²) in [6.45, 7) is 1.98. The number of hydrogen-bond acceptors (Lipinski definition) is 2. The van der Waals surface area contributed by atoms with Gasteiger partial charge in [-0.3, -0.25) is 4.79 Å². The highest BCUT2D eigenvalue weighted by molar-refractivity contribution is 7.08. The number of hydrogen-bond donors (Lipinski definition) is 0. The maximum atomic E-state index is 13.3. The molecule has 0 aliphatic carbocycles. The van der Waals surface area contributed by atoms with Gasteiger partial charge in [0.25, 0.3) is 0 Å². The van der Waals surface area contributed by atoms with E-state index in [9.17, 15) is 9.18 Å². The molecule has 76 valence electrons. The molecule has 0 amide bonds. The second-order valence-corrected chi connectivity index (χ2v) is 4.07. The Labute approximate surface area is 91.2 Å². The average Bonchev–Trinajstić information content (AvgIpc) is 2.64. The van der Waals surface area contributed by atoms with Crippen molar-refractivity contribution in [3.63, 3.8) is 0 Å². The minimum absolute atomic E-state index is 0.103. The van der Waals surface area contributed by atoms with Gasteiger partial charge in [0.1, 0.15) is 5.82 Å². The molecule has 0 aliphatic heterocycles. The largest absolute Gasteiger partial charge is 0.298 e. The fraction of sp³-hybridized carbons (Fsp3) is 0.0833. The van der Waals surface area contributed by atoms with Crippen LogP contribution in [0.5, 0.6) is 0 Å². The maximum absolute atomic E-state index is 13.3. The number of thiophene rings is 1. The van der Waals surface area contributed by atoms with E-state index >= 15 is 0 Å². The fourth-order valence-corrected chi connectivity index (χ4v) is 2.30. The Morgan fingerprint density at radius 1 is 1.33 bits per heavy atom. The van der Waals surface area contributed by atoms with Crippen LogP contribution in [0.15, 0.2) is 29.0 Å². The van der Waals surface area contributed by atoms with Gasteiger partial charge in [-0.1, -0.05) is 6.07 Å². The summed E-state index contributed by atoms with van der Waals surface area (Å²) in [6.07, 6.45) is 0.527. The molecule has 0 saturated heterocycles. The Bertz CT molecular complexity index is 502. The Morgan fingerprint density at radius 2 is 2.13 bits per heavy atom. The van der Waals surface area contributed by atoms with Crippen LogP contribution >= 0.6 is 11.3 Å². The van der Waals surface area contributed by atoms with E-state index < -0.39 is 5.82 Å². The summed E-state index contributed by atoms with van der Waals surface area (Å²) in [5.41, 5.74) is 3.07. The summed E-state index contributed by atoms with van der Waals surface area (Å²) in [5.74, 6) is -0.465. The van der Waals surface area contributed by atoms with Crippen LogP contribution in [-0.2, 0) is 0 Å². The van der Waals surface area contributed by atoms with E-state index in [1.54, 1.807) is 17.4 Å². The standard InChI is InChI=1S/C12H9FOS/c1-8-6-15-7-11(8)9-2-3-10(5-14)12(13)4-9/h2-7H,1H3. The van der Waals surface area contributed by atoms with Crippen molar-refractivity contribution >= 4 is 17.6 Å². The van der Waals surface area contributed by atoms with Gasteiger partial charge in [-0.2, -0.15) is 11.3 Å². The third kappa shape index (κ3) is 1.83. The summed E-state index contributed by atoms with van der Waals surface area (Å²) in [7, 11) is 0. The van der Waals surface area contributed by atoms with Crippen LogP contribution < -0.4 is 0 Å². The number of rotatable bonds is 2. The minimum Gasteiger partial charge on any atom is -0.298 e. The van der Waals surface area contributed by atoms with Gasteiger partial charge in [-0.05, 0) is 46.5 Å². The van der Waals surface area contributed by atoms with Gasteiger partial charge >= 0.3 is 0 Å². The Hall–Kier alpha value is -1.48. The topological polar surface area (TPSA) is 17.1 Å². The maximum Gasteiger partial charge on any atom is 0.152 e. The molecule has 3 heteroatoms. The van der Waals surface area contributed by atoms with E-state index in [0.29, 0.717) is 6.29 Å². The highest BCUT2D eigenvalue weighted by Gasteiger charge is 2.06. The summed E-state index contributed by atoms with van der Waals surface area (Å²) >= 11 is 1.58. The Balaban J connectivity index is 2.52. The lowest BCUT2D eigenvalue weighted by molar-refractivity contribution is 0.112. The van der Waals surface area contributed by atoms with Gasteiger partial charge in [-0.25, -0.2) is 4.39 Å². The van der Waals surface area contributed by atoms with Crippen LogP contribution in [0, 0.1) is 12.7 Å². The van der Waals surface area contributed by atoms with Crippen LogP contribution in [0.1, 0.15) is 15.9 Å². The van der Waals surface area contributed by atoms with Crippen molar-refractivity contribution < 1.29 is 9.18 Å². The lowest BCUT2D eigenvalue weighted by Crippen LogP contribution is -1.88. The zero-order valence-electron chi connectivity index (χ0n) is 8.16. The Kier molecular flexibility index (Phi) is 2.64. The normalized spacial score (nSPS) is 10.3. The number of aryl methyl sites for hydroxylation is 1. The van der Waals surface area contributed by atoms with Crippen molar-refractivity contribution in [2.24, 2.45) is 0 Å². The van der Waals surface area contributed by atoms with Gasteiger partial charge in [-0.15, -0.1) is 0 Å². The molecule has 0 spiro atoms. The number of halogens is 1. The third-order valence-electron chi connectivity index (χ3n) is 2.29. The van der Waals surface area contributed by atoms with Crippen LogP contribution in [0.3, 0.4) is 0 Å². The summed E-state index contributed by atoms with van der Waals surface area (Å²) < 4.78 is 13.3. The smallest absolute Gasteiger partial charge is 0.152 e. The lowest BCUT2D eigenvalue weighted by atomic mass is 10.0. The van der Waals surface area contributed by atoms with Crippen molar-refractivity contribution in [2.75, 3.05) is 0 Å². The van der Waals surface area contributed by atoms with E-state index in [4.69, 9.17) is 0 Å². The molecule has 2 aromatic rings. The SMILES string of the molecule is Cc1cscc1-c1ccc(C=O)c(F)c1. The van der Waals surface area contributed by atoms with Gasteiger partial charge in [0.05, 0.1) is 5.56 Å². The van der Waals surface area contributed by atoms with E-state index in [-0.39, 0.29) is 5.56 Å².